The smallest absolute Gasteiger partial charge is 0.367 e. The van der Waals surface area contributed by atoms with Gasteiger partial charge in [-0.3, -0.25) is 48.3 Å². The number of nitrogens with one attached hydrogen (secondary N) is 5. The summed E-state index contributed by atoms with van der Waals surface area (Å²) in [5.74, 6) is -3.83. The van der Waals surface area contributed by atoms with Crippen LogP contribution in [-0.2, 0) is 77.5 Å². The number of hydrogen-bond acceptors (Lipinski definition) is 19. The monoisotopic (exact) mass is 1400 g/mol. The zero-order valence-corrected chi connectivity index (χ0v) is 57.4. The van der Waals surface area contributed by atoms with Crippen molar-refractivity contribution in [1.29, 1.82) is 0 Å². The standard InChI is InChI=1S/C65H98BrN8O19P/c1-5-92-94(86,93-6-2)45-91-49-26-27-50-51(47(4)75)41-73(53(50)38-49)42-60(80)74-54(63(83)70-62-46(3)25-29-56(66)69-62)39-65(40-55(65)74)72-71-59(79)44-90-37-34-87-32-21-22-48(76)43-89-36-35-88-33-31-67-57(77)30-28-52(64(84)85)68-58(78)23-19-17-15-13-11-9-7-8-10-12-14-16-18-20-24-61(81)82/h25-27,29,38,41,52,54-55,72H,5-24,28,30-37,39-40,42-45H2,1-4H3,(H,67,77)(H,68,78)(H,71,79)(H,81,82)(H,84,85)(H,69,70,83)/t52-,54-,55+,65-/m0/s1. The Hall–Kier alpha value is -6.23. The summed E-state index contributed by atoms with van der Waals surface area (Å²) in [5.41, 5.74) is 6.44. The van der Waals surface area contributed by atoms with Crippen LogP contribution in [0.3, 0.4) is 0 Å². The number of carboxylic acids is 2. The number of aliphatic carboxylic acids is 2. The maximum absolute atomic E-state index is 14.6. The van der Waals surface area contributed by atoms with E-state index in [1.165, 1.54) is 43.9 Å². The van der Waals surface area contributed by atoms with Crippen LogP contribution < -0.4 is 31.5 Å². The van der Waals surface area contributed by atoms with Crippen LogP contribution >= 0.6 is 23.5 Å². The molecule has 524 valence electrons. The Kier molecular flexibility index (Phi) is 35.4. The number of nitrogens with zero attached hydrogens (tertiary/aromatic N) is 3. The highest BCUT2D eigenvalue weighted by Crippen LogP contribution is 2.52. The van der Waals surface area contributed by atoms with E-state index >= 15 is 0 Å². The third-order valence-electron chi connectivity index (χ3n) is 16.1. The van der Waals surface area contributed by atoms with Gasteiger partial charge >= 0.3 is 19.5 Å². The number of anilines is 1. The maximum Gasteiger partial charge on any atom is 0.367 e. The molecule has 7 N–H and O–H groups in total. The van der Waals surface area contributed by atoms with Gasteiger partial charge in [-0.15, -0.1) is 0 Å². The summed E-state index contributed by atoms with van der Waals surface area (Å²) in [6.45, 7) is 7.36. The number of Topliss-reactive ketones (excluding diaryl/α,β-unsaturated/α-hetero) is 2. The largest absolute Gasteiger partial charge is 0.481 e. The number of ketones is 2. The number of hydrogen-bond donors (Lipinski definition) is 7. The average Bonchev–Trinajstić information content (AvgIpc) is 1.54. The van der Waals surface area contributed by atoms with Crippen LogP contribution in [0.4, 0.5) is 5.82 Å². The molecule has 1 saturated carbocycles. The topological polar surface area (TPSA) is 357 Å². The van der Waals surface area contributed by atoms with E-state index in [0.717, 1.165) is 51.4 Å². The minimum absolute atomic E-state index is 0.0516. The molecule has 27 nitrogen and oxygen atoms in total. The van der Waals surface area contributed by atoms with Crippen molar-refractivity contribution in [1.82, 2.24) is 35.9 Å². The van der Waals surface area contributed by atoms with E-state index in [0.29, 0.717) is 57.5 Å². The number of piperidine rings is 1. The van der Waals surface area contributed by atoms with Gasteiger partial charge in [0.1, 0.15) is 48.0 Å². The van der Waals surface area contributed by atoms with E-state index < -0.39 is 60.9 Å². The molecule has 94 heavy (non-hydrogen) atoms. The Bertz CT molecular complexity index is 3000. The van der Waals surface area contributed by atoms with Crippen LogP contribution in [0.1, 0.15) is 178 Å². The van der Waals surface area contributed by atoms with Gasteiger partial charge in [-0.1, -0.05) is 83.1 Å². The van der Waals surface area contributed by atoms with Gasteiger partial charge in [0.15, 0.2) is 17.9 Å². The fourth-order valence-corrected chi connectivity index (χ4v) is 12.7. The van der Waals surface area contributed by atoms with Crippen LogP contribution in [0.15, 0.2) is 41.1 Å². The number of hydrazine groups is 1. The van der Waals surface area contributed by atoms with E-state index in [-0.39, 0.29) is 147 Å². The number of halogens is 1. The number of amides is 5. The third-order valence-corrected chi connectivity index (χ3v) is 18.3. The van der Waals surface area contributed by atoms with Gasteiger partial charge in [-0.05, 0) is 106 Å². The number of ether oxygens (including phenoxy) is 5. The summed E-state index contributed by atoms with van der Waals surface area (Å²) < 4.78 is 53.9. The molecule has 1 aliphatic heterocycles. The fourth-order valence-electron chi connectivity index (χ4n) is 11.1. The first-order valence-electron chi connectivity index (χ1n) is 33.0. The summed E-state index contributed by atoms with van der Waals surface area (Å²) in [4.78, 5) is 120. The first kappa shape index (κ1) is 78.5. The molecule has 29 heteroatoms. The quantitative estimate of drug-likeness (QED) is 0.00915. The van der Waals surface area contributed by atoms with E-state index in [9.17, 15) is 52.8 Å². The number of carbonyl (C=O) groups is 9. The van der Waals surface area contributed by atoms with Crippen molar-refractivity contribution in [3.63, 3.8) is 0 Å². The summed E-state index contributed by atoms with van der Waals surface area (Å²) in [7, 11) is -3.57. The molecule has 5 amide bonds. The zero-order chi connectivity index (χ0) is 68.3. The molecular formula is C65H98BrN8O19P. The molecular weight excluding hydrogens is 1310 g/mol. The first-order valence-corrected chi connectivity index (χ1v) is 35.5. The second-order valence-electron chi connectivity index (χ2n) is 23.6. The van der Waals surface area contributed by atoms with Crippen molar-refractivity contribution < 1.29 is 90.7 Å². The Balaban J connectivity index is 0.900. The lowest BCUT2D eigenvalue weighted by Crippen LogP contribution is -2.48. The van der Waals surface area contributed by atoms with Gasteiger partial charge < -0.3 is 68.4 Å². The Labute approximate surface area is 558 Å². The van der Waals surface area contributed by atoms with E-state index in [1.54, 1.807) is 61.9 Å². The Morgan fingerprint density at radius 2 is 1.33 bits per heavy atom. The van der Waals surface area contributed by atoms with Crippen molar-refractivity contribution in [2.24, 2.45) is 0 Å². The zero-order valence-electron chi connectivity index (χ0n) is 54.9. The first-order chi connectivity index (χ1) is 45.2. The number of rotatable bonds is 53. The SMILES string of the molecule is CCOP(=O)(COc1ccc2c(C(C)=O)cn(CC(=O)N3[C@H](C(=O)Nc4nc(Br)ccc4C)C[C@]4(NNC(=O)COCCOCCCC(=O)COCCOCCNC(=O)CC[C@H](NC(=O)CCCCCCCCCCCCCCCCC(=O)O)C(=O)O)C[C@@H]34)c2c1)OCC. The van der Waals surface area contributed by atoms with Crippen LogP contribution in [0.5, 0.6) is 5.75 Å². The van der Waals surface area contributed by atoms with E-state index in [2.05, 4.69) is 47.7 Å². The van der Waals surface area contributed by atoms with Gasteiger partial charge in [-0.25, -0.2) is 15.2 Å². The van der Waals surface area contributed by atoms with Crippen molar-refractivity contribution >= 4 is 93.3 Å². The highest BCUT2D eigenvalue weighted by atomic mass is 79.9. The molecule has 4 atom stereocenters. The molecule has 0 spiro atoms. The Morgan fingerprint density at radius 3 is 1.96 bits per heavy atom. The van der Waals surface area contributed by atoms with Gasteiger partial charge in [0, 0.05) is 62.0 Å². The molecule has 1 aromatic carbocycles. The summed E-state index contributed by atoms with van der Waals surface area (Å²) in [5, 5.41) is 26.9. The number of fused-ring (bicyclic) bond motifs is 2. The van der Waals surface area contributed by atoms with Crippen LogP contribution in [0, 0.1) is 6.92 Å². The number of benzene rings is 1. The van der Waals surface area contributed by atoms with E-state index in [1.807, 2.05) is 0 Å². The van der Waals surface area contributed by atoms with Crippen molar-refractivity contribution in [3.05, 3.63) is 52.3 Å². The minimum Gasteiger partial charge on any atom is -0.481 e. The Morgan fingerprint density at radius 1 is 0.713 bits per heavy atom. The lowest BCUT2D eigenvalue weighted by molar-refractivity contribution is -0.142. The maximum atomic E-state index is 14.6. The number of carbonyl (C=O) groups excluding carboxylic acids is 7. The normalized spacial score (nSPS) is 16.1. The molecule has 2 aromatic heterocycles. The highest BCUT2D eigenvalue weighted by molar-refractivity contribution is 9.10. The summed E-state index contributed by atoms with van der Waals surface area (Å²) >= 11 is 3.35. The third kappa shape index (κ3) is 28.2. The molecule has 1 aliphatic carbocycles. The van der Waals surface area contributed by atoms with Gasteiger partial charge in [0.25, 0.3) is 5.91 Å². The second-order valence-corrected chi connectivity index (χ2v) is 26.5. The minimum atomic E-state index is -3.57. The van der Waals surface area contributed by atoms with Crippen LogP contribution in [0.2, 0.25) is 0 Å². The van der Waals surface area contributed by atoms with Gasteiger partial charge in [0.2, 0.25) is 23.6 Å². The average molecular weight is 1410 g/mol. The van der Waals surface area contributed by atoms with Gasteiger partial charge in [-0.2, -0.15) is 0 Å². The molecule has 0 bridgehead atoms. The molecule has 2 fully saturated rings. The molecule has 2 aliphatic rings. The molecule has 1 saturated heterocycles. The van der Waals surface area contributed by atoms with Crippen molar-refractivity contribution in [2.45, 2.75) is 199 Å². The second kappa shape index (κ2) is 42.4. The number of pyridine rings is 1. The number of likely N-dealkylation sites (tertiary alicyclic amines) is 1. The number of carboxylic acid groups (broad SMARTS) is 2. The van der Waals surface area contributed by atoms with Crippen LogP contribution in [-0.4, -0.2) is 180 Å². The molecule has 0 radical (unpaired) electrons. The molecule has 0 unspecified atom stereocenters. The van der Waals surface area contributed by atoms with E-state index in [4.69, 9.17) is 37.8 Å². The number of aryl methyl sites for hydroxylation is 1. The molecule has 3 heterocycles. The molecule has 5 rings (SSSR count). The van der Waals surface area contributed by atoms with Crippen LogP contribution in [0.25, 0.3) is 10.9 Å². The van der Waals surface area contributed by atoms with Crippen molar-refractivity contribution in [2.75, 3.05) is 84.3 Å². The van der Waals surface area contributed by atoms with Crippen molar-refractivity contribution in [3.8, 4) is 5.75 Å². The number of aromatic nitrogens is 2. The highest BCUT2D eigenvalue weighted by Gasteiger charge is 2.67. The summed E-state index contributed by atoms with van der Waals surface area (Å²) in [6.07, 6.45) is 17.6. The number of unbranched alkanes of at least 4 members (excludes halogenated alkanes) is 13. The lowest BCUT2D eigenvalue weighted by Gasteiger charge is -2.27. The summed E-state index contributed by atoms with van der Waals surface area (Å²) in [6, 6.07) is 5.81. The molecule has 3 aromatic rings. The lowest BCUT2D eigenvalue weighted by atomic mass is 10.0. The van der Waals surface area contributed by atoms with Gasteiger partial charge in [0.05, 0.1) is 63.3 Å². The predicted molar refractivity (Wildman–Crippen MR) is 352 cm³/mol. The predicted octanol–water partition coefficient (Wildman–Crippen LogP) is 8.49. The fraction of sp³-hybridized carbons (Fsp3) is 0.662.